The van der Waals surface area contributed by atoms with Crippen LogP contribution in [-0.2, 0) is 11.2 Å². The van der Waals surface area contributed by atoms with Gasteiger partial charge in [0.05, 0.1) is 11.6 Å². The predicted octanol–water partition coefficient (Wildman–Crippen LogP) is 1.86. The second-order valence-electron chi connectivity index (χ2n) is 5.37. The van der Waals surface area contributed by atoms with Crippen molar-refractivity contribution in [1.29, 1.82) is 5.26 Å². The molecule has 1 unspecified atom stereocenters. The number of amides is 1. The predicted molar refractivity (Wildman–Crippen MR) is 73.0 cm³/mol. The molecule has 0 bridgehead atoms. The number of carbonyl (C=O) groups is 1. The number of carbonyl (C=O) groups excluding carboxylic acids is 1. The number of nitrogens with one attached hydrogen (secondary N) is 1. The van der Waals surface area contributed by atoms with Crippen LogP contribution in [0, 0.1) is 11.3 Å². The molecule has 0 aromatic heterocycles. The third-order valence-corrected chi connectivity index (χ3v) is 4.15. The van der Waals surface area contributed by atoms with Crippen LogP contribution >= 0.6 is 0 Å². The Bertz CT molecular complexity index is 573. The van der Waals surface area contributed by atoms with Gasteiger partial charge in [-0.1, -0.05) is 0 Å². The molecule has 1 fully saturated rings. The van der Waals surface area contributed by atoms with Crippen LogP contribution in [0.2, 0.25) is 0 Å². The Labute approximate surface area is 113 Å². The summed E-state index contributed by atoms with van der Waals surface area (Å²) in [6.07, 6.45) is 2.62. The van der Waals surface area contributed by atoms with E-state index in [9.17, 15) is 10.1 Å². The lowest BCUT2D eigenvalue weighted by Crippen LogP contribution is -2.20. The lowest BCUT2D eigenvalue weighted by molar-refractivity contribution is -0.126. The number of nitriles is 1. The van der Waals surface area contributed by atoms with Crippen LogP contribution in [0.4, 0.5) is 5.69 Å². The van der Waals surface area contributed by atoms with Gasteiger partial charge >= 0.3 is 0 Å². The summed E-state index contributed by atoms with van der Waals surface area (Å²) in [5.74, 6) is 0.345. The first kappa shape index (κ1) is 12.0. The molecule has 0 radical (unpaired) electrons. The Morgan fingerprint density at radius 1 is 1.47 bits per heavy atom. The highest BCUT2D eigenvalue weighted by Crippen LogP contribution is 2.37. The Balaban J connectivity index is 2.08. The van der Waals surface area contributed by atoms with Crippen LogP contribution in [-0.4, -0.2) is 30.9 Å². The molecule has 0 spiro atoms. The fourth-order valence-corrected chi connectivity index (χ4v) is 3.21. The van der Waals surface area contributed by atoms with Crippen molar-refractivity contribution >= 4 is 11.6 Å². The van der Waals surface area contributed by atoms with E-state index >= 15 is 0 Å². The van der Waals surface area contributed by atoms with Gasteiger partial charge in [-0.25, -0.2) is 0 Å². The van der Waals surface area contributed by atoms with E-state index in [1.54, 1.807) is 4.90 Å². The summed E-state index contributed by atoms with van der Waals surface area (Å²) in [6.45, 7) is 1.71. The number of fused-ring (bicyclic) bond motifs is 1. The maximum atomic E-state index is 11.8. The van der Waals surface area contributed by atoms with Gasteiger partial charge in [0.2, 0.25) is 5.91 Å². The number of anilines is 1. The van der Waals surface area contributed by atoms with Gasteiger partial charge in [0, 0.05) is 38.2 Å². The van der Waals surface area contributed by atoms with Crippen molar-refractivity contribution in [3.63, 3.8) is 0 Å². The first-order valence-electron chi connectivity index (χ1n) is 6.74. The first-order valence-corrected chi connectivity index (χ1v) is 6.74. The average molecular weight is 255 g/mol. The molecule has 0 saturated carbocycles. The van der Waals surface area contributed by atoms with Gasteiger partial charge < -0.3 is 10.2 Å². The van der Waals surface area contributed by atoms with Crippen molar-refractivity contribution in [3.8, 4) is 6.07 Å². The van der Waals surface area contributed by atoms with Crippen LogP contribution in [0.3, 0.4) is 0 Å². The minimum Gasteiger partial charge on any atom is -0.385 e. The van der Waals surface area contributed by atoms with Gasteiger partial charge in [-0.15, -0.1) is 0 Å². The SMILES string of the molecule is CN1CC(c2c(C#N)ccc3c2CCCN3)CC1=O. The average Bonchev–Trinajstić information content (AvgIpc) is 2.77. The zero-order valence-corrected chi connectivity index (χ0v) is 11.1. The van der Waals surface area contributed by atoms with E-state index in [0.29, 0.717) is 6.42 Å². The van der Waals surface area contributed by atoms with Gasteiger partial charge in [-0.05, 0) is 36.1 Å². The van der Waals surface area contributed by atoms with E-state index in [4.69, 9.17) is 0 Å². The van der Waals surface area contributed by atoms with E-state index in [-0.39, 0.29) is 11.8 Å². The molecular formula is C15H17N3O. The minimum absolute atomic E-state index is 0.169. The fourth-order valence-electron chi connectivity index (χ4n) is 3.21. The molecule has 1 atom stereocenters. The van der Waals surface area contributed by atoms with E-state index in [1.165, 1.54) is 5.56 Å². The molecular weight excluding hydrogens is 238 g/mol. The zero-order chi connectivity index (χ0) is 13.4. The summed E-state index contributed by atoms with van der Waals surface area (Å²) in [5, 5.41) is 12.7. The van der Waals surface area contributed by atoms with Crippen LogP contribution in [0.5, 0.6) is 0 Å². The van der Waals surface area contributed by atoms with Gasteiger partial charge in [0.1, 0.15) is 0 Å². The van der Waals surface area contributed by atoms with Crippen molar-refractivity contribution in [2.45, 2.75) is 25.2 Å². The summed E-state index contributed by atoms with van der Waals surface area (Å²) >= 11 is 0. The Kier molecular flexibility index (Phi) is 2.90. The van der Waals surface area contributed by atoms with Crippen LogP contribution < -0.4 is 5.32 Å². The van der Waals surface area contributed by atoms with Crippen molar-refractivity contribution in [3.05, 3.63) is 28.8 Å². The number of benzene rings is 1. The molecule has 1 aromatic rings. The molecule has 3 rings (SSSR count). The molecule has 4 heteroatoms. The molecule has 2 aliphatic heterocycles. The van der Waals surface area contributed by atoms with Crippen LogP contribution in [0.15, 0.2) is 12.1 Å². The minimum atomic E-state index is 0.169. The fraction of sp³-hybridized carbons (Fsp3) is 0.467. The molecule has 1 aromatic carbocycles. The highest BCUT2D eigenvalue weighted by Gasteiger charge is 2.32. The second kappa shape index (κ2) is 4.58. The maximum Gasteiger partial charge on any atom is 0.223 e. The topological polar surface area (TPSA) is 56.1 Å². The normalized spacial score (nSPS) is 21.8. The zero-order valence-electron chi connectivity index (χ0n) is 11.1. The smallest absolute Gasteiger partial charge is 0.223 e. The summed E-state index contributed by atoms with van der Waals surface area (Å²) in [4.78, 5) is 13.5. The molecule has 2 heterocycles. The second-order valence-corrected chi connectivity index (χ2v) is 5.37. The highest BCUT2D eigenvalue weighted by molar-refractivity contribution is 5.80. The maximum absolute atomic E-state index is 11.8. The van der Waals surface area contributed by atoms with Gasteiger partial charge in [0.15, 0.2) is 0 Å². The van der Waals surface area contributed by atoms with E-state index in [0.717, 1.165) is 42.7 Å². The number of hydrogen-bond acceptors (Lipinski definition) is 3. The Morgan fingerprint density at radius 2 is 2.32 bits per heavy atom. The lowest BCUT2D eigenvalue weighted by atomic mass is 9.85. The summed E-state index contributed by atoms with van der Waals surface area (Å²) in [7, 11) is 1.84. The largest absolute Gasteiger partial charge is 0.385 e. The van der Waals surface area contributed by atoms with E-state index in [1.807, 2.05) is 19.2 Å². The number of likely N-dealkylation sites (tertiary alicyclic amines) is 1. The van der Waals surface area contributed by atoms with Crippen molar-refractivity contribution in [2.75, 3.05) is 25.5 Å². The Morgan fingerprint density at radius 3 is 3.00 bits per heavy atom. The lowest BCUT2D eigenvalue weighted by Gasteiger charge is -2.24. The first-order chi connectivity index (χ1) is 9.20. The standard InChI is InChI=1S/C15H17N3O/c1-18-9-11(7-14(18)19)15-10(8-16)4-5-13-12(15)3-2-6-17-13/h4-5,11,17H,2-3,6-7,9H2,1H3. The summed E-state index contributed by atoms with van der Waals surface area (Å²) in [5.41, 5.74) is 4.22. The summed E-state index contributed by atoms with van der Waals surface area (Å²) in [6, 6.07) is 6.18. The molecule has 1 amide bonds. The van der Waals surface area contributed by atoms with Gasteiger partial charge in [0.25, 0.3) is 0 Å². The van der Waals surface area contributed by atoms with E-state index in [2.05, 4.69) is 11.4 Å². The van der Waals surface area contributed by atoms with Crippen molar-refractivity contribution in [2.24, 2.45) is 0 Å². The number of nitrogens with zero attached hydrogens (tertiary/aromatic N) is 2. The molecule has 19 heavy (non-hydrogen) atoms. The number of hydrogen-bond donors (Lipinski definition) is 1. The van der Waals surface area contributed by atoms with Crippen LogP contribution in [0.25, 0.3) is 0 Å². The highest BCUT2D eigenvalue weighted by atomic mass is 16.2. The molecule has 1 saturated heterocycles. The van der Waals surface area contributed by atoms with Crippen LogP contribution in [0.1, 0.15) is 35.4 Å². The molecule has 1 N–H and O–H groups in total. The molecule has 0 aliphatic carbocycles. The molecule has 2 aliphatic rings. The molecule has 98 valence electrons. The van der Waals surface area contributed by atoms with Crippen molar-refractivity contribution < 1.29 is 4.79 Å². The third-order valence-electron chi connectivity index (χ3n) is 4.15. The quantitative estimate of drug-likeness (QED) is 0.833. The Hall–Kier alpha value is -2.02. The van der Waals surface area contributed by atoms with Crippen molar-refractivity contribution in [1.82, 2.24) is 4.90 Å². The summed E-state index contributed by atoms with van der Waals surface area (Å²) < 4.78 is 0. The van der Waals surface area contributed by atoms with Gasteiger partial charge in [-0.3, -0.25) is 4.79 Å². The molecule has 4 nitrogen and oxygen atoms in total. The van der Waals surface area contributed by atoms with E-state index < -0.39 is 0 Å². The van der Waals surface area contributed by atoms with Gasteiger partial charge in [-0.2, -0.15) is 5.26 Å². The third kappa shape index (κ3) is 1.95. The number of likely N-dealkylation sites (N-methyl/N-ethyl adjacent to an activating group) is 1. The monoisotopic (exact) mass is 255 g/mol. The number of rotatable bonds is 1.